The van der Waals surface area contributed by atoms with E-state index in [1.165, 1.54) is 25.7 Å². The number of hydrogen-bond donors (Lipinski definition) is 1. The maximum absolute atomic E-state index is 12.5. The van der Waals surface area contributed by atoms with Crippen LogP contribution in [-0.4, -0.2) is 29.6 Å². The van der Waals surface area contributed by atoms with E-state index in [2.05, 4.69) is 37.9 Å². The average Bonchev–Trinajstić information content (AvgIpc) is 2.83. The molecule has 3 rings (SSSR count). The van der Waals surface area contributed by atoms with E-state index in [1.807, 2.05) is 6.92 Å². The van der Waals surface area contributed by atoms with Crippen molar-refractivity contribution < 1.29 is 4.79 Å². The quantitative estimate of drug-likeness (QED) is 0.860. The minimum absolute atomic E-state index is 0.00516. The Hall–Kier alpha value is -0.570. The molecule has 2 atom stereocenters. The number of rotatable bonds is 3. The van der Waals surface area contributed by atoms with Gasteiger partial charge in [-0.2, -0.15) is 0 Å². The lowest BCUT2D eigenvalue weighted by Gasteiger charge is -2.29. The van der Waals surface area contributed by atoms with Crippen LogP contribution in [-0.2, 0) is 4.79 Å². The molecule has 2 aliphatic carbocycles. The summed E-state index contributed by atoms with van der Waals surface area (Å²) in [6, 6.07) is 0.00516. The van der Waals surface area contributed by atoms with Crippen LogP contribution in [0.1, 0.15) is 60.3 Å². The fraction of sp³-hybridized carbons (Fsp3) is 0.941. The van der Waals surface area contributed by atoms with E-state index in [0.29, 0.717) is 34.7 Å². The summed E-state index contributed by atoms with van der Waals surface area (Å²) in [7, 11) is 0. The second-order valence-electron chi connectivity index (χ2n) is 8.36. The normalized spacial score (nSPS) is 36.9. The highest BCUT2D eigenvalue weighted by Crippen LogP contribution is 2.68. The van der Waals surface area contributed by atoms with Gasteiger partial charge in [0.1, 0.15) is 0 Å². The first-order valence-corrected chi connectivity index (χ1v) is 8.33. The van der Waals surface area contributed by atoms with Crippen LogP contribution in [0, 0.1) is 22.7 Å². The van der Waals surface area contributed by atoms with E-state index in [-0.39, 0.29) is 6.04 Å². The van der Waals surface area contributed by atoms with Crippen LogP contribution in [0.15, 0.2) is 0 Å². The first-order chi connectivity index (χ1) is 9.26. The Labute approximate surface area is 123 Å². The zero-order valence-electron chi connectivity index (χ0n) is 13.7. The highest BCUT2D eigenvalue weighted by molar-refractivity contribution is 5.84. The first-order valence-electron chi connectivity index (χ1n) is 8.33. The van der Waals surface area contributed by atoms with Crippen LogP contribution in [0.5, 0.6) is 0 Å². The topological polar surface area (TPSA) is 32.3 Å². The Kier molecular flexibility index (Phi) is 3.20. The third kappa shape index (κ3) is 1.93. The van der Waals surface area contributed by atoms with Gasteiger partial charge in [-0.05, 0) is 42.4 Å². The largest absolute Gasteiger partial charge is 0.325 e. The van der Waals surface area contributed by atoms with Crippen LogP contribution in [0.3, 0.4) is 0 Å². The molecule has 2 saturated carbocycles. The van der Waals surface area contributed by atoms with Gasteiger partial charge in [0.25, 0.3) is 0 Å². The van der Waals surface area contributed by atoms with Crippen molar-refractivity contribution in [2.45, 2.75) is 72.5 Å². The van der Waals surface area contributed by atoms with Crippen LogP contribution >= 0.6 is 0 Å². The van der Waals surface area contributed by atoms with Gasteiger partial charge in [-0.1, -0.05) is 40.5 Å². The molecule has 0 bridgehead atoms. The van der Waals surface area contributed by atoms with Gasteiger partial charge in [0.15, 0.2) is 0 Å². The number of carbonyl (C=O) groups is 1. The van der Waals surface area contributed by atoms with Crippen molar-refractivity contribution in [2.75, 3.05) is 6.54 Å². The average molecular weight is 278 g/mol. The van der Waals surface area contributed by atoms with E-state index in [0.717, 1.165) is 6.54 Å². The Balaban J connectivity index is 1.74. The molecule has 1 N–H and O–H groups in total. The zero-order valence-corrected chi connectivity index (χ0v) is 13.7. The molecule has 1 aliphatic heterocycles. The van der Waals surface area contributed by atoms with E-state index in [1.54, 1.807) is 0 Å². The first kappa shape index (κ1) is 14.4. The molecule has 1 saturated heterocycles. The molecular formula is C17H30N2O. The Morgan fingerprint density at radius 3 is 2.20 bits per heavy atom. The molecule has 3 aliphatic rings. The summed E-state index contributed by atoms with van der Waals surface area (Å²) >= 11 is 0. The summed E-state index contributed by atoms with van der Waals surface area (Å²) in [4.78, 5) is 14.7. The predicted octanol–water partition coefficient (Wildman–Crippen LogP) is 3.01. The van der Waals surface area contributed by atoms with Gasteiger partial charge in [-0.15, -0.1) is 0 Å². The van der Waals surface area contributed by atoms with Crippen molar-refractivity contribution in [3.8, 4) is 0 Å². The number of nitrogens with zero attached hydrogens (tertiary/aromatic N) is 1. The summed E-state index contributed by atoms with van der Waals surface area (Å²) in [5.74, 6) is 1.63. The lowest BCUT2D eigenvalue weighted by Crippen LogP contribution is -2.44. The summed E-state index contributed by atoms with van der Waals surface area (Å²) < 4.78 is 0. The van der Waals surface area contributed by atoms with Crippen LogP contribution in [0.25, 0.3) is 0 Å². The molecule has 0 aromatic rings. The van der Waals surface area contributed by atoms with Crippen LogP contribution in [0.2, 0.25) is 0 Å². The number of nitrogens with one attached hydrogen (secondary N) is 1. The van der Waals surface area contributed by atoms with Gasteiger partial charge in [0.2, 0.25) is 5.91 Å². The van der Waals surface area contributed by atoms with Crippen LogP contribution in [0.4, 0.5) is 0 Å². The van der Waals surface area contributed by atoms with Crippen molar-refractivity contribution in [1.29, 1.82) is 0 Å². The van der Waals surface area contributed by atoms with Gasteiger partial charge in [0, 0.05) is 6.54 Å². The van der Waals surface area contributed by atoms with Crippen molar-refractivity contribution in [1.82, 2.24) is 10.2 Å². The maximum Gasteiger partial charge on any atom is 0.240 e. The lowest BCUT2D eigenvalue weighted by molar-refractivity contribution is -0.130. The molecule has 0 aromatic heterocycles. The van der Waals surface area contributed by atoms with E-state index in [4.69, 9.17) is 0 Å². The summed E-state index contributed by atoms with van der Waals surface area (Å²) in [6.45, 7) is 12.4. The molecule has 0 aromatic carbocycles. The number of amides is 1. The lowest BCUT2D eigenvalue weighted by atomic mass is 10.0. The van der Waals surface area contributed by atoms with Gasteiger partial charge in [-0.3, -0.25) is 10.1 Å². The molecular weight excluding hydrogens is 248 g/mol. The summed E-state index contributed by atoms with van der Waals surface area (Å²) in [6.07, 6.45) is 5.53. The number of hydrogen-bond acceptors (Lipinski definition) is 2. The van der Waals surface area contributed by atoms with Gasteiger partial charge < -0.3 is 4.90 Å². The molecule has 1 amide bonds. The second kappa shape index (κ2) is 4.46. The second-order valence-corrected chi connectivity index (χ2v) is 8.36. The minimum Gasteiger partial charge on any atom is -0.325 e. The van der Waals surface area contributed by atoms with Crippen molar-refractivity contribution in [3.63, 3.8) is 0 Å². The van der Waals surface area contributed by atoms with Crippen molar-refractivity contribution in [3.05, 3.63) is 0 Å². The molecule has 0 radical (unpaired) electrons. The molecule has 114 valence electrons. The van der Waals surface area contributed by atoms with Crippen LogP contribution < -0.4 is 5.32 Å². The third-order valence-corrected chi connectivity index (χ3v) is 6.96. The van der Waals surface area contributed by atoms with E-state index in [9.17, 15) is 4.79 Å². The van der Waals surface area contributed by atoms with Crippen molar-refractivity contribution >= 4 is 5.91 Å². The summed E-state index contributed by atoms with van der Waals surface area (Å²) in [5, 5.41) is 3.56. The standard InChI is InChI=1S/C17H30N2O/c1-11-15(20)19(10-13-16(2,3)17(13,4)5)14(18-11)12-8-6-7-9-12/h11-14,18H,6-10H2,1-5H3. The Morgan fingerprint density at radius 1 is 1.15 bits per heavy atom. The van der Waals surface area contributed by atoms with E-state index >= 15 is 0 Å². The molecule has 1 heterocycles. The molecule has 3 fully saturated rings. The predicted molar refractivity (Wildman–Crippen MR) is 81.1 cm³/mol. The van der Waals surface area contributed by atoms with Crippen molar-refractivity contribution in [2.24, 2.45) is 22.7 Å². The fourth-order valence-corrected chi connectivity index (χ4v) is 4.66. The Morgan fingerprint density at radius 2 is 1.70 bits per heavy atom. The SMILES string of the molecule is CC1NC(C2CCCC2)N(CC2C(C)(C)C2(C)C)C1=O. The third-order valence-electron chi connectivity index (χ3n) is 6.96. The van der Waals surface area contributed by atoms with E-state index < -0.39 is 0 Å². The molecule has 20 heavy (non-hydrogen) atoms. The number of carbonyl (C=O) groups excluding carboxylic acids is 1. The molecule has 2 unspecified atom stereocenters. The minimum atomic E-state index is 0.00516. The Bertz CT molecular complexity index is 395. The molecule has 0 spiro atoms. The monoisotopic (exact) mass is 278 g/mol. The highest BCUT2D eigenvalue weighted by Gasteiger charge is 2.65. The molecule has 3 nitrogen and oxygen atoms in total. The van der Waals surface area contributed by atoms with Gasteiger partial charge in [0.05, 0.1) is 12.2 Å². The summed E-state index contributed by atoms with van der Waals surface area (Å²) in [5.41, 5.74) is 0.721. The highest BCUT2D eigenvalue weighted by atomic mass is 16.2. The smallest absolute Gasteiger partial charge is 0.240 e. The maximum atomic E-state index is 12.5. The van der Waals surface area contributed by atoms with Gasteiger partial charge in [-0.25, -0.2) is 0 Å². The fourth-order valence-electron chi connectivity index (χ4n) is 4.66. The molecule has 3 heteroatoms. The zero-order chi connectivity index (χ0) is 14.7. The van der Waals surface area contributed by atoms with Gasteiger partial charge >= 0.3 is 0 Å².